The molecule has 0 saturated carbocycles. The first kappa shape index (κ1) is 16.6. The third-order valence-electron chi connectivity index (χ3n) is 2.68. The highest BCUT2D eigenvalue weighted by atomic mass is 79.9. The van der Waals surface area contributed by atoms with Gasteiger partial charge in [-0.1, -0.05) is 27.5 Å². The SMILES string of the molecule is Cn1nc(-c2cc(CBr)c(Cl)cc2F)c(Br)c1OC(F)F. The first-order valence-electron chi connectivity index (χ1n) is 5.56. The Labute approximate surface area is 140 Å². The molecule has 0 unspecified atom stereocenters. The molecule has 1 aromatic carbocycles. The number of halogens is 6. The number of aromatic nitrogens is 2. The fraction of sp³-hybridized carbons (Fsp3) is 0.250. The van der Waals surface area contributed by atoms with E-state index >= 15 is 0 Å². The number of ether oxygens (including phenoxy) is 1. The third-order valence-corrected chi connectivity index (χ3v) is 4.35. The molecule has 2 rings (SSSR count). The minimum absolute atomic E-state index is 0.139. The number of aryl methyl sites for hydroxylation is 1. The van der Waals surface area contributed by atoms with Gasteiger partial charge in [0.05, 0.1) is 0 Å². The van der Waals surface area contributed by atoms with Crippen molar-refractivity contribution in [2.75, 3.05) is 0 Å². The van der Waals surface area contributed by atoms with E-state index in [1.807, 2.05) is 0 Å². The van der Waals surface area contributed by atoms with E-state index in [0.717, 1.165) is 10.7 Å². The second kappa shape index (κ2) is 6.58. The smallest absolute Gasteiger partial charge is 0.388 e. The van der Waals surface area contributed by atoms with Crippen molar-refractivity contribution in [1.82, 2.24) is 9.78 Å². The minimum atomic E-state index is -3.00. The van der Waals surface area contributed by atoms with Gasteiger partial charge in [0.25, 0.3) is 0 Å². The number of nitrogens with zero attached hydrogens (tertiary/aromatic N) is 2. The Hall–Kier alpha value is -0.730. The normalized spacial score (nSPS) is 11.2. The van der Waals surface area contributed by atoms with E-state index in [9.17, 15) is 13.2 Å². The lowest BCUT2D eigenvalue weighted by molar-refractivity contribution is -0.0558. The molecule has 0 atom stereocenters. The van der Waals surface area contributed by atoms with Gasteiger partial charge in [0, 0.05) is 23.0 Å². The molecular formula is C12H8Br2ClF3N2O. The lowest BCUT2D eigenvalue weighted by atomic mass is 10.1. The Morgan fingerprint density at radius 1 is 1.43 bits per heavy atom. The van der Waals surface area contributed by atoms with Crippen LogP contribution in [-0.2, 0) is 12.4 Å². The molecule has 0 N–H and O–H groups in total. The van der Waals surface area contributed by atoms with E-state index in [2.05, 4.69) is 41.7 Å². The van der Waals surface area contributed by atoms with E-state index in [0.29, 0.717) is 10.9 Å². The Bertz CT molecular complexity index is 679. The van der Waals surface area contributed by atoms with Crippen molar-refractivity contribution in [3.63, 3.8) is 0 Å². The van der Waals surface area contributed by atoms with Crippen molar-refractivity contribution in [1.29, 1.82) is 0 Å². The average molecular weight is 448 g/mol. The van der Waals surface area contributed by atoms with Crippen LogP contribution in [-0.4, -0.2) is 16.4 Å². The maximum absolute atomic E-state index is 14.1. The van der Waals surface area contributed by atoms with Crippen LogP contribution >= 0.6 is 43.5 Å². The van der Waals surface area contributed by atoms with Gasteiger partial charge in [0.1, 0.15) is 16.0 Å². The van der Waals surface area contributed by atoms with Crippen LogP contribution in [0, 0.1) is 5.82 Å². The largest absolute Gasteiger partial charge is 0.416 e. The zero-order valence-electron chi connectivity index (χ0n) is 10.5. The molecule has 9 heteroatoms. The molecule has 0 amide bonds. The molecule has 21 heavy (non-hydrogen) atoms. The summed E-state index contributed by atoms with van der Waals surface area (Å²) in [6.07, 6.45) is 0. The van der Waals surface area contributed by atoms with Crippen LogP contribution in [0.25, 0.3) is 11.3 Å². The van der Waals surface area contributed by atoms with Crippen molar-refractivity contribution in [3.05, 3.63) is 33.0 Å². The number of benzene rings is 1. The van der Waals surface area contributed by atoms with Crippen LogP contribution in [0.1, 0.15) is 5.56 Å². The van der Waals surface area contributed by atoms with Crippen LogP contribution < -0.4 is 4.74 Å². The van der Waals surface area contributed by atoms with Gasteiger partial charge in [0.15, 0.2) is 0 Å². The second-order valence-corrected chi connectivity index (χ2v) is 5.79. The summed E-state index contributed by atoms with van der Waals surface area (Å²) in [5.74, 6) is -0.790. The Balaban J connectivity index is 2.57. The summed E-state index contributed by atoms with van der Waals surface area (Å²) in [5, 5.41) is 4.70. The predicted octanol–water partition coefficient (Wildman–Crippen LogP) is 5.14. The fourth-order valence-corrected chi connectivity index (χ4v) is 3.23. The van der Waals surface area contributed by atoms with Crippen LogP contribution in [0.15, 0.2) is 16.6 Å². The first-order valence-corrected chi connectivity index (χ1v) is 7.86. The predicted molar refractivity (Wildman–Crippen MR) is 80.6 cm³/mol. The van der Waals surface area contributed by atoms with Crippen molar-refractivity contribution in [3.8, 4) is 17.1 Å². The zero-order valence-corrected chi connectivity index (χ0v) is 14.4. The molecule has 0 aliphatic heterocycles. The molecule has 0 aliphatic carbocycles. The topological polar surface area (TPSA) is 27.1 Å². The molecule has 0 aliphatic rings. The quantitative estimate of drug-likeness (QED) is 0.606. The summed E-state index contributed by atoms with van der Waals surface area (Å²) in [4.78, 5) is 0. The molecule has 2 aromatic rings. The van der Waals surface area contributed by atoms with Crippen molar-refractivity contribution < 1.29 is 17.9 Å². The van der Waals surface area contributed by atoms with Gasteiger partial charge in [-0.25, -0.2) is 9.07 Å². The van der Waals surface area contributed by atoms with Crippen LogP contribution in [0.4, 0.5) is 13.2 Å². The number of rotatable bonds is 4. The van der Waals surface area contributed by atoms with E-state index in [1.54, 1.807) is 0 Å². The summed E-state index contributed by atoms with van der Waals surface area (Å²) >= 11 is 12.3. The van der Waals surface area contributed by atoms with Gasteiger partial charge in [-0.05, 0) is 33.6 Å². The van der Waals surface area contributed by atoms with Gasteiger partial charge < -0.3 is 4.74 Å². The highest BCUT2D eigenvalue weighted by Gasteiger charge is 2.22. The summed E-state index contributed by atoms with van der Waals surface area (Å²) in [6, 6.07) is 2.66. The molecule has 0 radical (unpaired) electrons. The summed E-state index contributed by atoms with van der Waals surface area (Å²) in [5.41, 5.74) is 0.951. The second-order valence-electron chi connectivity index (χ2n) is 4.03. The van der Waals surface area contributed by atoms with Gasteiger partial charge >= 0.3 is 6.61 Å². The van der Waals surface area contributed by atoms with E-state index in [4.69, 9.17) is 11.6 Å². The summed E-state index contributed by atoms with van der Waals surface area (Å²) in [6.45, 7) is -3.00. The third kappa shape index (κ3) is 3.37. The van der Waals surface area contributed by atoms with Crippen LogP contribution in [0.2, 0.25) is 5.02 Å². The van der Waals surface area contributed by atoms with Crippen molar-refractivity contribution in [2.45, 2.75) is 11.9 Å². The number of hydrogen-bond acceptors (Lipinski definition) is 2. The molecule has 0 bridgehead atoms. The van der Waals surface area contributed by atoms with Gasteiger partial charge in [0.2, 0.25) is 5.88 Å². The molecular weight excluding hydrogens is 440 g/mol. The summed E-state index contributed by atoms with van der Waals surface area (Å²) < 4.78 is 44.4. The lowest BCUT2D eigenvalue weighted by Gasteiger charge is -2.06. The first-order chi connectivity index (χ1) is 9.85. The summed E-state index contributed by atoms with van der Waals surface area (Å²) in [7, 11) is 1.42. The standard InChI is InChI=1S/C12H8Br2ClF3N2O/c1-20-11(21-12(17)18)9(14)10(19-20)6-2-5(4-13)7(15)3-8(6)16/h2-3,12H,4H2,1H3. The van der Waals surface area contributed by atoms with Gasteiger partial charge in [-0.3, -0.25) is 0 Å². The highest BCUT2D eigenvalue weighted by Crippen LogP contribution is 2.38. The Kier molecular flexibility index (Phi) is 5.21. The van der Waals surface area contributed by atoms with E-state index < -0.39 is 12.4 Å². The fourth-order valence-electron chi connectivity index (χ4n) is 1.74. The zero-order chi connectivity index (χ0) is 15.7. The van der Waals surface area contributed by atoms with Crippen LogP contribution in [0.5, 0.6) is 5.88 Å². The molecule has 0 saturated heterocycles. The van der Waals surface area contributed by atoms with E-state index in [1.165, 1.54) is 13.1 Å². The maximum Gasteiger partial charge on any atom is 0.388 e. The highest BCUT2D eigenvalue weighted by molar-refractivity contribution is 9.10. The van der Waals surface area contributed by atoms with Crippen molar-refractivity contribution >= 4 is 43.5 Å². The van der Waals surface area contributed by atoms with Crippen molar-refractivity contribution in [2.24, 2.45) is 7.05 Å². The Morgan fingerprint density at radius 3 is 2.67 bits per heavy atom. The molecule has 1 aromatic heterocycles. The van der Waals surface area contributed by atoms with Crippen LogP contribution in [0.3, 0.4) is 0 Å². The van der Waals surface area contributed by atoms with Gasteiger partial charge in [-0.2, -0.15) is 13.9 Å². The minimum Gasteiger partial charge on any atom is -0.416 e. The molecule has 0 spiro atoms. The number of alkyl halides is 3. The Morgan fingerprint density at radius 2 is 2.10 bits per heavy atom. The molecule has 1 heterocycles. The molecule has 114 valence electrons. The number of hydrogen-bond donors (Lipinski definition) is 0. The van der Waals surface area contributed by atoms with Gasteiger partial charge in [-0.15, -0.1) is 0 Å². The molecule has 3 nitrogen and oxygen atoms in total. The average Bonchev–Trinajstić information content (AvgIpc) is 2.66. The lowest BCUT2D eigenvalue weighted by Crippen LogP contribution is -2.06. The molecule has 0 fully saturated rings. The van der Waals surface area contributed by atoms with E-state index in [-0.39, 0.29) is 26.6 Å². The monoisotopic (exact) mass is 446 g/mol. The maximum atomic E-state index is 14.1.